The summed E-state index contributed by atoms with van der Waals surface area (Å²) in [5.74, 6) is 1.57. The van der Waals surface area contributed by atoms with E-state index in [0.29, 0.717) is 12.1 Å². The van der Waals surface area contributed by atoms with Crippen LogP contribution in [0.4, 0.5) is 0 Å². The van der Waals surface area contributed by atoms with Gasteiger partial charge in [0, 0.05) is 18.2 Å². The van der Waals surface area contributed by atoms with Gasteiger partial charge in [-0.2, -0.15) is 0 Å². The van der Waals surface area contributed by atoms with Crippen molar-refractivity contribution in [1.29, 1.82) is 0 Å². The lowest BCUT2D eigenvalue weighted by Crippen LogP contribution is -2.33. The van der Waals surface area contributed by atoms with Gasteiger partial charge < -0.3 is 0 Å². The minimum absolute atomic E-state index is 0.321. The summed E-state index contributed by atoms with van der Waals surface area (Å²) in [4.78, 5) is 7.59. The number of aliphatic imine (C=N–C) groups is 1. The fourth-order valence-corrected chi connectivity index (χ4v) is 5.61. The molecule has 1 aliphatic heterocycles. The Morgan fingerprint density at radius 1 is 0.844 bits per heavy atom. The van der Waals surface area contributed by atoms with Gasteiger partial charge in [0.1, 0.15) is 6.17 Å². The summed E-state index contributed by atoms with van der Waals surface area (Å²) in [6.45, 7) is 4.26. The number of rotatable bonds is 11. The summed E-state index contributed by atoms with van der Waals surface area (Å²) in [5.41, 5.74) is 4.22. The number of thioether (sulfide) groups is 1. The molecule has 0 bridgehead atoms. The minimum atomic E-state index is 0.321. The van der Waals surface area contributed by atoms with Gasteiger partial charge in [-0.15, -0.1) is 11.8 Å². The molecule has 0 spiro atoms. The van der Waals surface area contributed by atoms with Crippen molar-refractivity contribution >= 4 is 16.8 Å². The third kappa shape index (κ3) is 6.34. The lowest BCUT2D eigenvalue weighted by Gasteiger charge is -2.24. The molecule has 32 heavy (non-hydrogen) atoms. The Balaban J connectivity index is 1.30. The second-order valence-electron chi connectivity index (χ2n) is 8.48. The highest BCUT2D eigenvalue weighted by Crippen LogP contribution is 2.31. The monoisotopic (exact) mass is 442 g/mol. The fraction of sp³-hybridized carbons (Fsp3) is 0.345. The Hall–Kier alpha value is -2.36. The molecule has 1 heterocycles. The first-order valence-corrected chi connectivity index (χ1v) is 12.9. The van der Waals surface area contributed by atoms with E-state index in [4.69, 9.17) is 4.99 Å². The van der Waals surface area contributed by atoms with E-state index < -0.39 is 0 Å². The van der Waals surface area contributed by atoms with E-state index in [1.165, 1.54) is 41.0 Å². The Morgan fingerprint density at radius 2 is 1.44 bits per heavy atom. The molecule has 1 unspecified atom stereocenters. The van der Waals surface area contributed by atoms with Crippen LogP contribution in [-0.4, -0.2) is 28.4 Å². The molecule has 3 aromatic carbocycles. The fourth-order valence-electron chi connectivity index (χ4n) is 4.50. The molecule has 1 aliphatic rings. The molecule has 2 nitrogen and oxygen atoms in total. The lowest BCUT2D eigenvalue weighted by atomic mass is 9.87. The van der Waals surface area contributed by atoms with Crippen LogP contribution < -0.4 is 0 Å². The summed E-state index contributed by atoms with van der Waals surface area (Å²) in [5, 5.41) is 1.34. The molecular weight excluding hydrogens is 408 g/mol. The summed E-state index contributed by atoms with van der Waals surface area (Å²) < 4.78 is 0. The van der Waals surface area contributed by atoms with Crippen LogP contribution in [0.15, 0.2) is 96.0 Å². The summed E-state index contributed by atoms with van der Waals surface area (Å²) in [6, 6.07) is 32.7. The number of unbranched alkanes of at least 4 members (excludes halogenated alkanes) is 1. The van der Waals surface area contributed by atoms with Gasteiger partial charge in [-0.3, -0.25) is 9.89 Å². The molecule has 3 aromatic rings. The third-order valence-electron chi connectivity index (χ3n) is 6.29. The van der Waals surface area contributed by atoms with E-state index in [1.807, 2.05) is 11.8 Å². The first-order valence-electron chi connectivity index (χ1n) is 11.9. The molecule has 0 N–H and O–H groups in total. The molecule has 4 rings (SSSR count). The second-order valence-corrected chi connectivity index (χ2v) is 9.58. The van der Waals surface area contributed by atoms with Crippen LogP contribution in [0.5, 0.6) is 0 Å². The van der Waals surface area contributed by atoms with E-state index in [9.17, 15) is 0 Å². The van der Waals surface area contributed by atoms with E-state index in [2.05, 4.69) is 103 Å². The van der Waals surface area contributed by atoms with Gasteiger partial charge in [0.05, 0.1) is 5.04 Å². The van der Waals surface area contributed by atoms with Gasteiger partial charge >= 0.3 is 0 Å². The van der Waals surface area contributed by atoms with Crippen molar-refractivity contribution in [2.45, 2.75) is 51.2 Å². The van der Waals surface area contributed by atoms with Crippen molar-refractivity contribution in [3.63, 3.8) is 0 Å². The van der Waals surface area contributed by atoms with Crippen LogP contribution in [0.3, 0.4) is 0 Å². The van der Waals surface area contributed by atoms with Crippen LogP contribution in [0.1, 0.15) is 55.2 Å². The van der Waals surface area contributed by atoms with Gasteiger partial charge in [0.15, 0.2) is 0 Å². The summed E-state index contributed by atoms with van der Waals surface area (Å²) in [7, 11) is 0. The maximum absolute atomic E-state index is 5.09. The SMILES string of the molecule is CCN(Cc1ccccc1)C1CSC(CCCCC(c2ccccc2)c2ccccc2)=N1. The van der Waals surface area contributed by atoms with E-state index in [1.54, 1.807) is 0 Å². The van der Waals surface area contributed by atoms with Crippen molar-refractivity contribution < 1.29 is 0 Å². The smallest absolute Gasteiger partial charge is 0.113 e. The van der Waals surface area contributed by atoms with Crippen molar-refractivity contribution in [1.82, 2.24) is 4.90 Å². The molecule has 0 saturated carbocycles. The zero-order valence-corrected chi connectivity index (χ0v) is 19.9. The van der Waals surface area contributed by atoms with Crippen molar-refractivity contribution in [2.24, 2.45) is 4.99 Å². The van der Waals surface area contributed by atoms with Crippen LogP contribution in [0, 0.1) is 0 Å². The average molecular weight is 443 g/mol. The van der Waals surface area contributed by atoms with Gasteiger partial charge in [0.2, 0.25) is 0 Å². The van der Waals surface area contributed by atoms with Crippen LogP contribution >= 0.6 is 11.8 Å². The summed E-state index contributed by atoms with van der Waals surface area (Å²) >= 11 is 1.96. The number of nitrogens with zero attached hydrogens (tertiary/aromatic N) is 2. The quantitative estimate of drug-likeness (QED) is 0.288. The molecule has 3 heteroatoms. The highest BCUT2D eigenvalue weighted by molar-refractivity contribution is 8.14. The number of hydrogen-bond donors (Lipinski definition) is 0. The molecule has 0 aliphatic carbocycles. The Bertz CT molecular complexity index is 917. The van der Waals surface area contributed by atoms with Gasteiger partial charge in [0.25, 0.3) is 0 Å². The maximum atomic E-state index is 5.09. The Labute approximate surface area is 197 Å². The first-order chi connectivity index (χ1) is 15.8. The van der Waals surface area contributed by atoms with E-state index in [-0.39, 0.29) is 0 Å². The largest absolute Gasteiger partial charge is 0.277 e. The second kappa shape index (κ2) is 12.0. The first kappa shape index (κ1) is 22.8. The van der Waals surface area contributed by atoms with Crippen molar-refractivity contribution in [3.05, 3.63) is 108 Å². The van der Waals surface area contributed by atoms with E-state index in [0.717, 1.165) is 25.3 Å². The standard InChI is InChI=1S/C29H34N2S/c1-2-31(22-24-14-6-3-7-15-24)28-23-32-29(30-28)21-13-12-20-27(25-16-8-4-9-17-25)26-18-10-5-11-19-26/h3-11,14-19,27-28H,2,12-13,20-23H2,1H3. The average Bonchev–Trinajstić information content (AvgIpc) is 3.33. The predicted octanol–water partition coefficient (Wildman–Crippen LogP) is 7.37. The molecule has 0 saturated heterocycles. The molecule has 0 amide bonds. The molecule has 166 valence electrons. The third-order valence-corrected chi connectivity index (χ3v) is 7.39. The molecule has 0 radical (unpaired) electrons. The minimum Gasteiger partial charge on any atom is -0.277 e. The van der Waals surface area contributed by atoms with Crippen LogP contribution in [0.2, 0.25) is 0 Å². The molecular formula is C29H34N2S. The van der Waals surface area contributed by atoms with E-state index >= 15 is 0 Å². The van der Waals surface area contributed by atoms with Crippen molar-refractivity contribution in [3.8, 4) is 0 Å². The highest BCUT2D eigenvalue weighted by Gasteiger charge is 2.23. The van der Waals surface area contributed by atoms with Gasteiger partial charge in [-0.1, -0.05) is 104 Å². The number of hydrogen-bond acceptors (Lipinski definition) is 3. The highest BCUT2D eigenvalue weighted by atomic mass is 32.2. The Kier molecular flexibility index (Phi) is 8.58. The predicted molar refractivity (Wildman–Crippen MR) is 139 cm³/mol. The van der Waals surface area contributed by atoms with Gasteiger partial charge in [-0.05, 0) is 42.5 Å². The van der Waals surface area contributed by atoms with Crippen LogP contribution in [0.25, 0.3) is 0 Å². The normalized spacial score (nSPS) is 16.0. The zero-order valence-electron chi connectivity index (χ0n) is 19.1. The number of benzene rings is 3. The molecule has 0 aromatic heterocycles. The van der Waals surface area contributed by atoms with Crippen LogP contribution in [-0.2, 0) is 6.54 Å². The maximum Gasteiger partial charge on any atom is 0.113 e. The molecule has 1 atom stereocenters. The topological polar surface area (TPSA) is 15.6 Å². The summed E-state index contributed by atoms with van der Waals surface area (Å²) in [6.07, 6.45) is 5.05. The zero-order chi connectivity index (χ0) is 22.0. The Morgan fingerprint density at radius 3 is 2.03 bits per heavy atom. The van der Waals surface area contributed by atoms with Crippen molar-refractivity contribution in [2.75, 3.05) is 12.3 Å². The lowest BCUT2D eigenvalue weighted by molar-refractivity contribution is 0.223. The molecule has 0 fully saturated rings. The van der Waals surface area contributed by atoms with Gasteiger partial charge in [-0.25, -0.2) is 0 Å².